The van der Waals surface area contributed by atoms with Crippen molar-refractivity contribution in [1.29, 1.82) is 0 Å². The van der Waals surface area contributed by atoms with Crippen molar-refractivity contribution in [2.45, 2.75) is 18.6 Å². The van der Waals surface area contributed by atoms with Crippen LogP contribution in [0.25, 0.3) is 0 Å². The van der Waals surface area contributed by atoms with Crippen molar-refractivity contribution < 1.29 is 4.79 Å². The van der Waals surface area contributed by atoms with Crippen LogP contribution in [-0.4, -0.2) is 10.9 Å². The number of hydrogen-bond acceptors (Lipinski definition) is 3. The van der Waals surface area contributed by atoms with Crippen LogP contribution in [0, 0.1) is 0 Å². The minimum atomic E-state index is -0.484. The number of carbonyl (C=O) groups is 1. The summed E-state index contributed by atoms with van der Waals surface area (Å²) in [6.45, 7) is 2.08. The maximum Gasteiger partial charge on any atom is 0.252 e. The molecule has 2 heterocycles. The van der Waals surface area contributed by atoms with Crippen molar-refractivity contribution in [3.8, 4) is 0 Å². The molecule has 0 fully saturated rings. The van der Waals surface area contributed by atoms with Crippen molar-refractivity contribution in [1.82, 2.24) is 4.98 Å². The molecule has 0 radical (unpaired) electrons. The highest BCUT2D eigenvalue weighted by molar-refractivity contribution is 8.03. The zero-order valence-electron chi connectivity index (χ0n) is 8.41. The topological polar surface area (TPSA) is 84.9 Å². The van der Waals surface area contributed by atoms with Crippen LogP contribution in [-0.2, 0) is 0 Å². The van der Waals surface area contributed by atoms with E-state index in [2.05, 4.69) is 18.0 Å². The molecule has 0 saturated heterocycles. The Hall–Kier alpha value is -1.36. The summed E-state index contributed by atoms with van der Waals surface area (Å²) in [5.74, 6) is -0.120. The number of amides is 1. The maximum absolute atomic E-state index is 11.0. The number of nitrogens with two attached hydrogens (primary N) is 2. The average Bonchev–Trinajstić information content (AvgIpc) is 2.71. The number of hydrogen-bond donors (Lipinski definition) is 3. The molecule has 1 aliphatic rings. The molecule has 2 rings (SSSR count). The molecule has 15 heavy (non-hydrogen) atoms. The summed E-state index contributed by atoms with van der Waals surface area (Å²) in [6, 6.07) is 1.75. The molecule has 1 aromatic heterocycles. The van der Waals surface area contributed by atoms with Gasteiger partial charge in [-0.2, -0.15) is 0 Å². The minimum absolute atomic E-state index is 0.334. The van der Waals surface area contributed by atoms with Gasteiger partial charge in [0.15, 0.2) is 0 Å². The molecular formula is C10H13N3OS. The maximum atomic E-state index is 11.0. The van der Waals surface area contributed by atoms with Crippen LogP contribution in [0.4, 0.5) is 5.82 Å². The lowest BCUT2D eigenvalue weighted by Crippen LogP contribution is -2.11. The fourth-order valence-electron chi connectivity index (χ4n) is 1.65. The molecule has 0 spiro atoms. The number of aromatic amines is 1. The number of primary amides is 1. The average molecular weight is 223 g/mol. The predicted octanol–water partition coefficient (Wildman–Crippen LogP) is 1.78. The Balaban J connectivity index is 2.24. The van der Waals surface area contributed by atoms with Crippen LogP contribution < -0.4 is 11.5 Å². The van der Waals surface area contributed by atoms with Gasteiger partial charge in [0.1, 0.15) is 5.82 Å². The summed E-state index contributed by atoms with van der Waals surface area (Å²) in [4.78, 5) is 15.3. The summed E-state index contributed by atoms with van der Waals surface area (Å²) in [6.07, 6.45) is 3.14. The monoisotopic (exact) mass is 223 g/mol. The molecule has 4 nitrogen and oxygen atoms in total. The number of anilines is 1. The fraction of sp³-hybridized carbons (Fsp3) is 0.300. The normalized spacial score (nSPS) is 20.3. The molecule has 1 unspecified atom stereocenters. The summed E-state index contributed by atoms with van der Waals surface area (Å²) in [5, 5.41) is 0.334. The molecule has 0 aromatic carbocycles. The third-order valence-electron chi connectivity index (χ3n) is 2.43. The molecule has 0 aliphatic carbocycles. The van der Waals surface area contributed by atoms with E-state index in [1.54, 1.807) is 17.8 Å². The van der Waals surface area contributed by atoms with Gasteiger partial charge in [-0.25, -0.2) is 0 Å². The van der Waals surface area contributed by atoms with Crippen molar-refractivity contribution in [2.75, 3.05) is 5.73 Å². The highest BCUT2D eigenvalue weighted by Gasteiger charge is 2.21. The Morgan fingerprint density at radius 1 is 1.67 bits per heavy atom. The Labute approximate surface area is 92.1 Å². The molecule has 5 heteroatoms. The van der Waals surface area contributed by atoms with Crippen LogP contribution >= 0.6 is 11.8 Å². The molecule has 1 amide bonds. The highest BCUT2D eigenvalue weighted by Crippen LogP contribution is 2.43. The summed E-state index contributed by atoms with van der Waals surface area (Å²) < 4.78 is 0. The van der Waals surface area contributed by atoms with Gasteiger partial charge in [0.05, 0.1) is 10.8 Å². The Morgan fingerprint density at radius 3 is 2.87 bits per heavy atom. The first-order chi connectivity index (χ1) is 7.08. The van der Waals surface area contributed by atoms with Gasteiger partial charge >= 0.3 is 0 Å². The van der Waals surface area contributed by atoms with Gasteiger partial charge in [0.25, 0.3) is 5.91 Å². The van der Waals surface area contributed by atoms with Crippen molar-refractivity contribution in [2.24, 2.45) is 5.73 Å². The molecule has 5 N–H and O–H groups in total. The molecule has 80 valence electrons. The third-order valence-corrected chi connectivity index (χ3v) is 3.70. The van der Waals surface area contributed by atoms with Crippen LogP contribution in [0.5, 0.6) is 0 Å². The van der Waals surface area contributed by atoms with Crippen molar-refractivity contribution >= 4 is 23.5 Å². The van der Waals surface area contributed by atoms with E-state index in [1.165, 1.54) is 4.91 Å². The molecular weight excluding hydrogens is 210 g/mol. The number of allylic oxidation sites excluding steroid dienone is 2. The van der Waals surface area contributed by atoms with E-state index in [0.717, 1.165) is 12.1 Å². The molecule has 1 atom stereocenters. The lowest BCUT2D eigenvalue weighted by Gasteiger charge is -2.05. The van der Waals surface area contributed by atoms with E-state index in [1.807, 2.05) is 0 Å². The largest absolute Gasteiger partial charge is 0.385 e. The van der Waals surface area contributed by atoms with Crippen LogP contribution in [0.15, 0.2) is 17.0 Å². The Morgan fingerprint density at radius 2 is 2.40 bits per heavy atom. The van der Waals surface area contributed by atoms with Gasteiger partial charge in [-0.15, -0.1) is 11.8 Å². The number of aromatic nitrogens is 1. The fourth-order valence-corrected chi connectivity index (χ4v) is 2.74. The number of H-pyrrole nitrogens is 1. The zero-order valence-corrected chi connectivity index (χ0v) is 9.23. The van der Waals surface area contributed by atoms with E-state index >= 15 is 0 Å². The number of nitrogen functional groups attached to an aromatic ring is 1. The number of carbonyl (C=O) groups excluding carboxylic acids is 1. The van der Waals surface area contributed by atoms with Gasteiger partial charge < -0.3 is 16.5 Å². The van der Waals surface area contributed by atoms with Crippen LogP contribution in [0.1, 0.15) is 34.6 Å². The molecule has 0 saturated carbocycles. The van der Waals surface area contributed by atoms with Gasteiger partial charge in [0, 0.05) is 5.69 Å². The Kier molecular flexibility index (Phi) is 2.48. The number of thioether (sulfide) groups is 1. The second kappa shape index (κ2) is 3.66. The van der Waals surface area contributed by atoms with Gasteiger partial charge in [-0.05, 0) is 24.3 Å². The second-order valence-electron chi connectivity index (χ2n) is 3.57. The quantitative estimate of drug-likeness (QED) is 0.714. The van der Waals surface area contributed by atoms with E-state index in [9.17, 15) is 4.79 Å². The van der Waals surface area contributed by atoms with Gasteiger partial charge in [-0.1, -0.05) is 6.08 Å². The highest BCUT2D eigenvalue weighted by atomic mass is 32.2. The summed E-state index contributed by atoms with van der Waals surface area (Å²) in [7, 11) is 0. The van der Waals surface area contributed by atoms with E-state index in [4.69, 9.17) is 11.5 Å². The minimum Gasteiger partial charge on any atom is -0.385 e. The van der Waals surface area contributed by atoms with E-state index < -0.39 is 5.91 Å². The predicted molar refractivity (Wildman–Crippen MR) is 62.4 cm³/mol. The molecule has 1 aliphatic heterocycles. The molecule has 0 bridgehead atoms. The Bertz CT molecular complexity index is 436. The van der Waals surface area contributed by atoms with Crippen LogP contribution in [0.3, 0.4) is 0 Å². The van der Waals surface area contributed by atoms with E-state index in [-0.39, 0.29) is 0 Å². The summed E-state index contributed by atoms with van der Waals surface area (Å²) in [5.41, 5.74) is 12.2. The van der Waals surface area contributed by atoms with Crippen molar-refractivity contribution in [3.63, 3.8) is 0 Å². The summed E-state index contributed by atoms with van der Waals surface area (Å²) >= 11 is 1.77. The lowest BCUT2D eigenvalue weighted by molar-refractivity contribution is 0.100. The first kappa shape index (κ1) is 10.2. The number of rotatable bonds is 2. The zero-order chi connectivity index (χ0) is 11.0. The second-order valence-corrected chi connectivity index (χ2v) is 5.02. The van der Waals surface area contributed by atoms with Crippen LogP contribution in [0.2, 0.25) is 0 Å². The third kappa shape index (κ3) is 1.87. The smallest absolute Gasteiger partial charge is 0.252 e. The first-order valence-corrected chi connectivity index (χ1v) is 5.57. The lowest BCUT2D eigenvalue weighted by atomic mass is 10.2. The number of nitrogens with one attached hydrogen (secondary N) is 1. The first-order valence-electron chi connectivity index (χ1n) is 4.69. The molecule has 1 aromatic rings. The standard InChI is InChI=1S/C10H13N3OS/c1-5-2-3-8(15-5)7-4-6(10(12)14)9(11)13-7/h2,4,8,13H,3,11H2,1H3,(H2,12,14). The van der Waals surface area contributed by atoms with Gasteiger partial charge in [0.2, 0.25) is 0 Å². The SMILES string of the molecule is CC1=CCC(c2cc(C(N)=O)c(N)[nH]2)S1. The van der Waals surface area contributed by atoms with Gasteiger partial charge in [-0.3, -0.25) is 4.79 Å². The van der Waals surface area contributed by atoms with Crippen molar-refractivity contribution in [3.05, 3.63) is 28.3 Å². The van der Waals surface area contributed by atoms with E-state index in [0.29, 0.717) is 16.6 Å².